The molecule has 1 atom stereocenters. The zero-order valence-corrected chi connectivity index (χ0v) is 26.7. The van der Waals surface area contributed by atoms with Gasteiger partial charge in [0.2, 0.25) is 11.6 Å². The van der Waals surface area contributed by atoms with Crippen molar-refractivity contribution in [3.63, 3.8) is 0 Å². The summed E-state index contributed by atoms with van der Waals surface area (Å²) in [7, 11) is 4.18. The Balaban J connectivity index is 1.34. The molecule has 0 bridgehead atoms. The van der Waals surface area contributed by atoms with Crippen LogP contribution < -0.4 is 26.6 Å². The molecular weight excluding hydrogens is 615 g/mol. The number of hydrogen-bond acceptors (Lipinski definition) is 8. The smallest absolute Gasteiger partial charge is 0.346 e. The molecule has 1 amide bonds. The molecular formula is C33H34ClFN6O5. The minimum Gasteiger partial charge on any atom is -0.481 e. The Morgan fingerprint density at radius 1 is 1.09 bits per heavy atom. The number of hydrogen-bond donors (Lipinski definition) is 2. The molecule has 1 aliphatic heterocycles. The molecule has 0 saturated carbocycles. The van der Waals surface area contributed by atoms with Gasteiger partial charge in [-0.15, -0.1) is 0 Å². The van der Waals surface area contributed by atoms with Crippen molar-refractivity contribution in [2.24, 2.45) is 14.1 Å². The number of nitrogens with one attached hydrogen (secondary N) is 2. The number of pyridine rings is 1. The van der Waals surface area contributed by atoms with Gasteiger partial charge in [-0.25, -0.2) is 18.9 Å². The second kappa shape index (κ2) is 12.8. The Morgan fingerprint density at radius 3 is 2.57 bits per heavy atom. The first-order chi connectivity index (χ1) is 22.1. The number of aryl methyl sites for hydroxylation is 2. The fourth-order valence-electron chi connectivity index (χ4n) is 6.32. The van der Waals surface area contributed by atoms with Crippen LogP contribution in [0.25, 0.3) is 22.4 Å². The standard InChI is InChI=1S/C33H34ClFN6O5/c1-17-21(23-15-19(35)16-26(28(23)34)37-30(42)29-32(43)40(2)33(44)41(3)39-29)6-5-7-22(17)25-14-18-8-9-24(27(18)31(38-25)45-4)36-20-10-12-46-13-11-20/h5-7,14-16,20,24,36H,8-13H2,1-4H3,(H,37,42)/t24-/m0/s1. The van der Waals surface area contributed by atoms with Gasteiger partial charge in [0.05, 0.1) is 23.5 Å². The van der Waals surface area contributed by atoms with Crippen molar-refractivity contribution in [2.75, 3.05) is 25.6 Å². The molecule has 0 spiro atoms. The third-order valence-electron chi connectivity index (χ3n) is 8.73. The molecule has 11 nitrogen and oxygen atoms in total. The lowest BCUT2D eigenvalue weighted by atomic mass is 9.93. The van der Waals surface area contributed by atoms with Crippen LogP contribution in [0.3, 0.4) is 0 Å². The maximum atomic E-state index is 15.0. The summed E-state index contributed by atoms with van der Waals surface area (Å²) in [4.78, 5) is 42.5. The van der Waals surface area contributed by atoms with Crippen LogP contribution in [0.4, 0.5) is 10.1 Å². The predicted molar refractivity (Wildman–Crippen MR) is 172 cm³/mol. The molecule has 46 heavy (non-hydrogen) atoms. The molecule has 1 aliphatic carbocycles. The average Bonchev–Trinajstić information content (AvgIpc) is 3.45. The molecule has 6 rings (SSSR count). The molecule has 0 unspecified atom stereocenters. The highest BCUT2D eigenvalue weighted by atomic mass is 35.5. The number of amides is 1. The fourth-order valence-corrected chi connectivity index (χ4v) is 6.58. The lowest BCUT2D eigenvalue weighted by molar-refractivity contribution is 0.0747. The van der Waals surface area contributed by atoms with E-state index in [2.05, 4.69) is 21.8 Å². The molecule has 2 aromatic carbocycles. The van der Waals surface area contributed by atoms with Crippen LogP contribution in [-0.2, 0) is 25.3 Å². The van der Waals surface area contributed by atoms with E-state index in [0.717, 1.165) is 76.6 Å². The van der Waals surface area contributed by atoms with Gasteiger partial charge in [-0.2, -0.15) is 5.10 Å². The van der Waals surface area contributed by atoms with Gasteiger partial charge in [0, 0.05) is 56.1 Å². The summed E-state index contributed by atoms with van der Waals surface area (Å²) in [5.41, 5.74) is 3.40. The van der Waals surface area contributed by atoms with Crippen molar-refractivity contribution in [1.29, 1.82) is 0 Å². The number of halogens is 2. The second-order valence-corrected chi connectivity index (χ2v) is 12.0. The number of rotatable bonds is 7. The van der Waals surface area contributed by atoms with Gasteiger partial charge in [-0.05, 0) is 67.5 Å². The van der Waals surface area contributed by atoms with Gasteiger partial charge in [0.25, 0.3) is 11.5 Å². The van der Waals surface area contributed by atoms with Gasteiger partial charge in [0.15, 0.2) is 0 Å². The predicted octanol–water partition coefficient (Wildman–Crippen LogP) is 4.33. The van der Waals surface area contributed by atoms with Gasteiger partial charge >= 0.3 is 5.69 Å². The van der Waals surface area contributed by atoms with E-state index in [-0.39, 0.29) is 16.8 Å². The van der Waals surface area contributed by atoms with E-state index >= 15 is 4.39 Å². The minimum absolute atomic E-state index is 0.0513. The normalized spacial score (nSPS) is 16.3. The zero-order valence-electron chi connectivity index (χ0n) is 25.9. The number of ether oxygens (including phenoxy) is 2. The highest BCUT2D eigenvalue weighted by Gasteiger charge is 2.31. The van der Waals surface area contributed by atoms with Crippen molar-refractivity contribution < 1.29 is 18.7 Å². The van der Waals surface area contributed by atoms with Crippen molar-refractivity contribution in [1.82, 2.24) is 24.6 Å². The molecule has 1 saturated heterocycles. The number of carbonyl (C=O) groups is 1. The van der Waals surface area contributed by atoms with Crippen LogP contribution >= 0.6 is 11.6 Å². The van der Waals surface area contributed by atoms with E-state index in [0.29, 0.717) is 23.0 Å². The van der Waals surface area contributed by atoms with Gasteiger partial charge < -0.3 is 20.1 Å². The molecule has 1 fully saturated rings. The minimum atomic E-state index is -0.931. The molecule has 240 valence electrons. The summed E-state index contributed by atoms with van der Waals surface area (Å²) in [6.45, 7) is 3.42. The van der Waals surface area contributed by atoms with E-state index in [4.69, 9.17) is 26.1 Å². The molecule has 2 aliphatic rings. The SMILES string of the molecule is COc1nc(-c2cccc(-c3cc(F)cc(NC(=O)c4nn(C)c(=O)n(C)c4=O)c3Cl)c2C)cc2c1[C@@H](NC1CCOCC1)CC2. The van der Waals surface area contributed by atoms with Gasteiger partial charge in [0.1, 0.15) is 5.82 Å². The summed E-state index contributed by atoms with van der Waals surface area (Å²) in [6.07, 6.45) is 3.78. The third-order valence-corrected chi connectivity index (χ3v) is 9.14. The van der Waals surface area contributed by atoms with Crippen LogP contribution in [0.15, 0.2) is 46.0 Å². The first kappa shape index (κ1) is 31.6. The molecule has 0 radical (unpaired) electrons. The Hall–Kier alpha value is -4.39. The number of benzene rings is 2. The number of nitrogens with zero attached hydrogens (tertiary/aromatic N) is 4. The first-order valence-electron chi connectivity index (χ1n) is 15.0. The number of aromatic nitrogens is 4. The van der Waals surface area contributed by atoms with Crippen LogP contribution in [0.1, 0.15) is 52.5 Å². The number of anilines is 1. The van der Waals surface area contributed by atoms with Gasteiger partial charge in [-0.3, -0.25) is 14.2 Å². The summed E-state index contributed by atoms with van der Waals surface area (Å²) in [6, 6.07) is 10.6. The van der Waals surface area contributed by atoms with Crippen molar-refractivity contribution in [2.45, 2.75) is 44.7 Å². The number of carbonyl (C=O) groups excluding carboxylic acids is 1. The second-order valence-electron chi connectivity index (χ2n) is 11.6. The first-order valence-corrected chi connectivity index (χ1v) is 15.4. The lowest BCUT2D eigenvalue weighted by Crippen LogP contribution is -2.43. The Bertz CT molecular complexity index is 1970. The maximum Gasteiger partial charge on any atom is 0.346 e. The zero-order chi connectivity index (χ0) is 32.7. The van der Waals surface area contributed by atoms with Gasteiger partial charge in [-0.1, -0.05) is 29.8 Å². The van der Waals surface area contributed by atoms with Crippen molar-refractivity contribution in [3.05, 3.63) is 90.5 Å². The summed E-state index contributed by atoms with van der Waals surface area (Å²) < 4.78 is 28.0. The van der Waals surface area contributed by atoms with Crippen LogP contribution in [0.5, 0.6) is 5.88 Å². The van der Waals surface area contributed by atoms with Crippen molar-refractivity contribution >= 4 is 23.2 Å². The maximum absolute atomic E-state index is 15.0. The fraction of sp³-hybridized carbons (Fsp3) is 0.364. The Labute approximate surface area is 269 Å². The largest absolute Gasteiger partial charge is 0.481 e. The molecule has 13 heteroatoms. The topological polar surface area (TPSA) is 129 Å². The lowest BCUT2D eigenvalue weighted by Gasteiger charge is -2.27. The highest BCUT2D eigenvalue weighted by Crippen LogP contribution is 2.42. The van der Waals surface area contributed by atoms with E-state index < -0.39 is 28.7 Å². The molecule has 4 aromatic rings. The van der Waals surface area contributed by atoms with Crippen LogP contribution in [0.2, 0.25) is 5.02 Å². The van der Waals surface area contributed by atoms with Crippen LogP contribution in [-0.4, -0.2) is 51.6 Å². The third kappa shape index (κ3) is 5.83. The number of methoxy groups -OCH3 is 1. The summed E-state index contributed by atoms with van der Waals surface area (Å²) in [5, 5.41) is 10.1. The Morgan fingerprint density at radius 2 is 1.83 bits per heavy atom. The van der Waals surface area contributed by atoms with Crippen molar-refractivity contribution in [3.8, 4) is 28.3 Å². The van der Waals surface area contributed by atoms with E-state index in [9.17, 15) is 14.4 Å². The van der Waals surface area contributed by atoms with E-state index in [1.165, 1.54) is 25.7 Å². The quantitative estimate of drug-likeness (QED) is 0.303. The molecule has 2 N–H and O–H groups in total. The van der Waals surface area contributed by atoms with E-state index in [1.54, 1.807) is 7.11 Å². The number of fused-ring (bicyclic) bond motifs is 1. The van der Waals surface area contributed by atoms with Crippen LogP contribution in [0, 0.1) is 12.7 Å². The molecule has 3 heterocycles. The Kier molecular flexibility index (Phi) is 8.78. The molecule has 2 aromatic heterocycles. The highest BCUT2D eigenvalue weighted by molar-refractivity contribution is 6.36. The monoisotopic (exact) mass is 648 g/mol. The average molecular weight is 649 g/mol. The van der Waals surface area contributed by atoms with E-state index in [1.807, 2.05) is 25.1 Å². The summed E-state index contributed by atoms with van der Waals surface area (Å²) >= 11 is 6.77. The summed E-state index contributed by atoms with van der Waals surface area (Å²) in [5.74, 6) is -1.01.